The Balaban J connectivity index is 1.41. The highest BCUT2D eigenvalue weighted by Crippen LogP contribution is 2.46. The van der Waals surface area contributed by atoms with Crippen LogP contribution in [0.4, 0.5) is 0 Å². The highest BCUT2D eigenvalue weighted by atomic mass is 35.5. The van der Waals surface area contributed by atoms with E-state index in [0.29, 0.717) is 51.0 Å². The van der Waals surface area contributed by atoms with Crippen LogP contribution < -0.4 is 10.1 Å². The number of carbonyl (C=O) groups excluding carboxylic acids is 1. The maximum Gasteiger partial charge on any atom is 0.220 e. The van der Waals surface area contributed by atoms with E-state index in [2.05, 4.69) is 10.5 Å². The number of nitrogens with one attached hydrogen (secondary N) is 1. The van der Waals surface area contributed by atoms with Crippen molar-refractivity contribution >= 4 is 40.7 Å². The molecule has 1 aliphatic heterocycles. The van der Waals surface area contributed by atoms with E-state index in [1.165, 1.54) is 0 Å². The van der Waals surface area contributed by atoms with E-state index in [1.54, 1.807) is 24.3 Å². The van der Waals surface area contributed by atoms with Gasteiger partial charge in [-0.05, 0) is 42.7 Å². The molecule has 2 heterocycles. The maximum absolute atomic E-state index is 11.5. The molecule has 160 valence electrons. The number of hydrogen-bond acceptors (Lipinski definition) is 4. The Labute approximate surface area is 194 Å². The Morgan fingerprint density at radius 1 is 1.06 bits per heavy atom. The molecule has 2 aliphatic rings. The van der Waals surface area contributed by atoms with Crippen molar-refractivity contribution in [2.24, 2.45) is 0 Å². The minimum Gasteiger partial charge on any atom is -0.489 e. The van der Waals surface area contributed by atoms with Gasteiger partial charge in [-0.15, -0.1) is 0 Å². The standard InChI is InChI=1S/C23H19Cl3N2O3/c24-17-2-1-3-18(25)21(17)22-16(23(31-28-22)12-4-5-12)11-30-14-6-7-15(19(26)9-14)13-8-20(29)27-10-13/h1-3,6-7,9,12-13H,4-5,8,10-11H2,(H,27,29). The van der Waals surface area contributed by atoms with Crippen LogP contribution in [0, 0.1) is 0 Å². The molecule has 1 N–H and O–H groups in total. The van der Waals surface area contributed by atoms with Gasteiger partial charge in [-0.2, -0.15) is 0 Å². The van der Waals surface area contributed by atoms with Crippen molar-refractivity contribution in [3.8, 4) is 17.0 Å². The van der Waals surface area contributed by atoms with E-state index in [9.17, 15) is 4.79 Å². The fraction of sp³-hybridized carbons (Fsp3) is 0.304. The van der Waals surface area contributed by atoms with E-state index in [0.717, 1.165) is 29.7 Å². The van der Waals surface area contributed by atoms with Crippen LogP contribution in [-0.2, 0) is 11.4 Å². The molecule has 8 heteroatoms. The summed E-state index contributed by atoms with van der Waals surface area (Å²) in [7, 11) is 0. The molecule has 1 unspecified atom stereocenters. The van der Waals surface area contributed by atoms with Crippen LogP contribution in [0.2, 0.25) is 15.1 Å². The van der Waals surface area contributed by atoms with Crippen molar-refractivity contribution in [1.82, 2.24) is 10.5 Å². The molecular formula is C23H19Cl3N2O3. The molecule has 0 spiro atoms. The third kappa shape index (κ3) is 4.14. The van der Waals surface area contributed by atoms with Crippen LogP contribution in [0.15, 0.2) is 40.9 Å². The number of ether oxygens (including phenoxy) is 1. The molecule has 1 aromatic heterocycles. The fourth-order valence-electron chi connectivity index (χ4n) is 3.96. The van der Waals surface area contributed by atoms with Gasteiger partial charge in [-0.1, -0.05) is 52.1 Å². The normalized spacial score (nSPS) is 18.3. The summed E-state index contributed by atoms with van der Waals surface area (Å²) in [5.74, 6) is 1.93. The van der Waals surface area contributed by atoms with Crippen molar-refractivity contribution in [1.29, 1.82) is 0 Å². The van der Waals surface area contributed by atoms with E-state index < -0.39 is 0 Å². The van der Waals surface area contributed by atoms with Crippen LogP contribution in [0.25, 0.3) is 11.3 Å². The number of aromatic nitrogens is 1. The van der Waals surface area contributed by atoms with Gasteiger partial charge in [-0.25, -0.2) is 0 Å². The summed E-state index contributed by atoms with van der Waals surface area (Å²) in [5, 5.41) is 8.73. The number of carbonyl (C=O) groups is 1. The molecular weight excluding hydrogens is 459 g/mol. The number of halogens is 3. The van der Waals surface area contributed by atoms with Crippen LogP contribution in [-0.4, -0.2) is 17.6 Å². The Bertz CT molecular complexity index is 1140. The summed E-state index contributed by atoms with van der Waals surface area (Å²) in [6.45, 7) is 0.859. The lowest BCUT2D eigenvalue weighted by molar-refractivity contribution is -0.119. The van der Waals surface area contributed by atoms with Crippen LogP contribution in [0.3, 0.4) is 0 Å². The summed E-state index contributed by atoms with van der Waals surface area (Å²) in [4.78, 5) is 11.5. The minimum absolute atomic E-state index is 0.0484. The Hall–Kier alpha value is -2.21. The molecule has 2 fully saturated rings. The Morgan fingerprint density at radius 2 is 1.84 bits per heavy atom. The smallest absolute Gasteiger partial charge is 0.220 e. The zero-order valence-corrected chi connectivity index (χ0v) is 18.7. The first-order valence-corrected chi connectivity index (χ1v) is 11.3. The highest BCUT2D eigenvalue weighted by molar-refractivity contribution is 6.39. The second-order valence-electron chi connectivity index (χ2n) is 7.92. The van der Waals surface area contributed by atoms with Gasteiger partial charge in [0.15, 0.2) is 0 Å². The molecule has 1 aliphatic carbocycles. The number of hydrogen-bond donors (Lipinski definition) is 1. The molecule has 1 amide bonds. The highest BCUT2D eigenvalue weighted by Gasteiger charge is 2.33. The average Bonchev–Trinajstić information content (AvgIpc) is 3.36. The summed E-state index contributed by atoms with van der Waals surface area (Å²) in [6.07, 6.45) is 2.58. The molecule has 3 aromatic rings. The Morgan fingerprint density at radius 3 is 2.48 bits per heavy atom. The quantitative estimate of drug-likeness (QED) is 0.448. The number of rotatable bonds is 6. The number of nitrogens with zero attached hydrogens (tertiary/aromatic N) is 1. The molecule has 1 atom stereocenters. The van der Waals surface area contributed by atoms with E-state index in [4.69, 9.17) is 44.1 Å². The molecule has 0 bridgehead atoms. The minimum atomic E-state index is 0.0484. The van der Waals surface area contributed by atoms with Crippen molar-refractivity contribution < 1.29 is 14.1 Å². The van der Waals surface area contributed by atoms with Crippen molar-refractivity contribution in [2.45, 2.75) is 37.7 Å². The van der Waals surface area contributed by atoms with Gasteiger partial charge in [-0.3, -0.25) is 4.79 Å². The van der Waals surface area contributed by atoms with Gasteiger partial charge in [0.05, 0.1) is 15.6 Å². The fourth-order valence-corrected chi connectivity index (χ4v) is 4.86. The van der Waals surface area contributed by atoms with Crippen LogP contribution >= 0.6 is 34.8 Å². The third-order valence-corrected chi connectivity index (χ3v) is 6.70. The first kappa shape index (κ1) is 20.7. The van der Waals surface area contributed by atoms with Crippen molar-refractivity contribution in [3.05, 3.63) is 68.4 Å². The molecule has 1 saturated heterocycles. The first-order chi connectivity index (χ1) is 15.0. The van der Waals surface area contributed by atoms with Gasteiger partial charge >= 0.3 is 0 Å². The monoisotopic (exact) mass is 476 g/mol. The van der Waals surface area contributed by atoms with Crippen LogP contribution in [0.1, 0.15) is 48.0 Å². The zero-order valence-electron chi connectivity index (χ0n) is 16.5. The average molecular weight is 478 g/mol. The van der Waals surface area contributed by atoms with E-state index in [1.807, 2.05) is 12.1 Å². The third-order valence-electron chi connectivity index (χ3n) is 5.74. The van der Waals surface area contributed by atoms with Crippen molar-refractivity contribution in [2.75, 3.05) is 6.54 Å². The molecule has 0 radical (unpaired) electrons. The maximum atomic E-state index is 11.5. The predicted molar refractivity (Wildman–Crippen MR) is 120 cm³/mol. The van der Waals surface area contributed by atoms with Gasteiger partial charge < -0.3 is 14.6 Å². The van der Waals surface area contributed by atoms with E-state index in [-0.39, 0.29) is 18.4 Å². The first-order valence-electron chi connectivity index (χ1n) is 10.1. The predicted octanol–water partition coefficient (Wildman–Crippen LogP) is 6.36. The Kier molecular flexibility index (Phi) is 5.59. The second kappa shape index (κ2) is 8.38. The second-order valence-corrected chi connectivity index (χ2v) is 9.14. The van der Waals surface area contributed by atoms with E-state index >= 15 is 0 Å². The van der Waals surface area contributed by atoms with Crippen LogP contribution in [0.5, 0.6) is 5.75 Å². The molecule has 2 aromatic carbocycles. The SMILES string of the molecule is O=C1CC(c2ccc(OCc3c(-c4c(Cl)cccc4Cl)noc3C3CC3)cc2Cl)CN1. The number of amides is 1. The van der Waals surface area contributed by atoms with Crippen molar-refractivity contribution in [3.63, 3.8) is 0 Å². The summed E-state index contributed by atoms with van der Waals surface area (Å²) < 4.78 is 11.8. The van der Waals surface area contributed by atoms with Gasteiger partial charge in [0.2, 0.25) is 5.91 Å². The molecule has 1 saturated carbocycles. The lowest BCUT2D eigenvalue weighted by Gasteiger charge is -2.13. The number of benzene rings is 2. The lowest BCUT2D eigenvalue weighted by atomic mass is 9.98. The lowest BCUT2D eigenvalue weighted by Crippen LogP contribution is -2.13. The molecule has 5 rings (SSSR count). The van der Waals surface area contributed by atoms with Gasteiger partial charge in [0, 0.05) is 35.4 Å². The van der Waals surface area contributed by atoms with Gasteiger partial charge in [0.25, 0.3) is 0 Å². The summed E-state index contributed by atoms with van der Waals surface area (Å²) in [5.41, 5.74) is 3.05. The van der Waals surface area contributed by atoms with Gasteiger partial charge in [0.1, 0.15) is 23.8 Å². The molecule has 5 nitrogen and oxygen atoms in total. The molecule has 31 heavy (non-hydrogen) atoms. The largest absolute Gasteiger partial charge is 0.489 e. The summed E-state index contributed by atoms with van der Waals surface area (Å²) in [6, 6.07) is 10.9. The zero-order chi connectivity index (χ0) is 21.5. The summed E-state index contributed by atoms with van der Waals surface area (Å²) >= 11 is 19.3. The topological polar surface area (TPSA) is 64.4 Å².